The van der Waals surface area contributed by atoms with E-state index in [0.717, 1.165) is 16.9 Å². The Morgan fingerprint density at radius 1 is 1.36 bits per heavy atom. The summed E-state index contributed by atoms with van der Waals surface area (Å²) >= 11 is 0. The average Bonchev–Trinajstić information content (AvgIpc) is 3.06. The van der Waals surface area contributed by atoms with Gasteiger partial charge in [-0.1, -0.05) is 24.2 Å². The van der Waals surface area contributed by atoms with Gasteiger partial charge in [0, 0.05) is 7.05 Å². The van der Waals surface area contributed by atoms with Gasteiger partial charge in [0.2, 0.25) is 0 Å². The highest BCUT2D eigenvalue weighted by Crippen LogP contribution is 2.16. The summed E-state index contributed by atoms with van der Waals surface area (Å²) in [5.74, 6) is 1.17. The molecule has 1 aromatic carbocycles. The first-order valence-electron chi connectivity index (χ1n) is 7.25. The van der Waals surface area contributed by atoms with E-state index in [1.807, 2.05) is 42.8 Å². The van der Waals surface area contributed by atoms with Crippen LogP contribution >= 0.6 is 0 Å². The molecule has 0 aliphatic heterocycles. The van der Waals surface area contributed by atoms with Crippen molar-refractivity contribution in [2.24, 2.45) is 7.05 Å². The summed E-state index contributed by atoms with van der Waals surface area (Å²) in [7, 11) is 1.94. The first kappa shape index (κ1) is 14.3. The van der Waals surface area contributed by atoms with Crippen LogP contribution in [-0.2, 0) is 20.0 Å². The Kier molecular flexibility index (Phi) is 3.66. The summed E-state index contributed by atoms with van der Waals surface area (Å²) in [4.78, 5) is 16.9. The summed E-state index contributed by atoms with van der Waals surface area (Å²) in [6, 6.07) is 7.89. The van der Waals surface area contributed by atoms with Crippen molar-refractivity contribution >= 4 is 16.9 Å². The highest BCUT2D eigenvalue weighted by molar-refractivity contribution is 5.96. The molecule has 0 atom stereocenters. The molecule has 114 valence electrons. The quantitative estimate of drug-likeness (QED) is 0.802. The van der Waals surface area contributed by atoms with Crippen molar-refractivity contribution in [1.29, 1.82) is 0 Å². The summed E-state index contributed by atoms with van der Waals surface area (Å²) in [5.41, 5.74) is 3.17. The summed E-state index contributed by atoms with van der Waals surface area (Å²) in [5, 5.41) is 6.80. The molecule has 0 spiro atoms. The molecule has 3 rings (SSSR count). The lowest BCUT2D eigenvalue weighted by Gasteiger charge is -2.05. The molecule has 22 heavy (non-hydrogen) atoms. The van der Waals surface area contributed by atoms with E-state index in [1.165, 1.54) is 0 Å². The second kappa shape index (κ2) is 5.63. The first-order chi connectivity index (χ1) is 10.6. The third kappa shape index (κ3) is 2.36. The van der Waals surface area contributed by atoms with Gasteiger partial charge in [0.1, 0.15) is 17.1 Å². The maximum absolute atomic E-state index is 12.4. The van der Waals surface area contributed by atoms with Gasteiger partial charge in [0.25, 0.3) is 5.91 Å². The van der Waals surface area contributed by atoms with E-state index in [9.17, 15) is 4.79 Å². The largest absolute Gasteiger partial charge is 0.361 e. The molecule has 0 fully saturated rings. The molecule has 2 aromatic heterocycles. The summed E-state index contributed by atoms with van der Waals surface area (Å²) in [6.07, 6.45) is 0.659. The van der Waals surface area contributed by atoms with E-state index in [-0.39, 0.29) is 5.91 Å². The molecule has 0 aliphatic rings. The summed E-state index contributed by atoms with van der Waals surface area (Å²) in [6.45, 7) is 4.05. The van der Waals surface area contributed by atoms with Gasteiger partial charge < -0.3 is 14.4 Å². The Labute approximate surface area is 128 Å². The zero-order valence-electron chi connectivity index (χ0n) is 12.9. The van der Waals surface area contributed by atoms with Gasteiger partial charge >= 0.3 is 0 Å². The van der Waals surface area contributed by atoms with Crippen molar-refractivity contribution in [2.45, 2.75) is 26.8 Å². The third-order valence-corrected chi connectivity index (χ3v) is 3.78. The fourth-order valence-corrected chi connectivity index (χ4v) is 2.55. The second-order valence-electron chi connectivity index (χ2n) is 5.17. The van der Waals surface area contributed by atoms with Gasteiger partial charge in [0.15, 0.2) is 0 Å². The molecule has 2 heterocycles. The molecule has 6 nitrogen and oxygen atoms in total. The topological polar surface area (TPSA) is 73.0 Å². The van der Waals surface area contributed by atoms with Crippen LogP contribution in [-0.4, -0.2) is 20.6 Å². The Morgan fingerprint density at radius 2 is 2.14 bits per heavy atom. The van der Waals surface area contributed by atoms with Crippen LogP contribution < -0.4 is 5.32 Å². The highest BCUT2D eigenvalue weighted by Gasteiger charge is 2.19. The van der Waals surface area contributed by atoms with Crippen molar-refractivity contribution in [3.63, 3.8) is 0 Å². The van der Waals surface area contributed by atoms with Gasteiger partial charge in [-0.3, -0.25) is 4.79 Å². The molecule has 0 saturated heterocycles. The monoisotopic (exact) mass is 298 g/mol. The normalized spacial score (nSPS) is 11.0. The molecule has 1 amide bonds. The molecular weight excluding hydrogens is 280 g/mol. The van der Waals surface area contributed by atoms with E-state index in [2.05, 4.69) is 15.5 Å². The number of hydrogen-bond donors (Lipinski definition) is 1. The Hall–Kier alpha value is -2.63. The summed E-state index contributed by atoms with van der Waals surface area (Å²) < 4.78 is 7.08. The van der Waals surface area contributed by atoms with Gasteiger partial charge in [0.05, 0.1) is 23.3 Å². The van der Waals surface area contributed by atoms with Crippen LogP contribution in [0.15, 0.2) is 28.8 Å². The Bertz CT molecular complexity index is 832. The SMILES string of the molecule is CCc1noc(C)c1C(=O)NCc1nc2ccccc2n1C. The zero-order chi connectivity index (χ0) is 15.7. The highest BCUT2D eigenvalue weighted by atomic mass is 16.5. The lowest BCUT2D eigenvalue weighted by molar-refractivity contribution is 0.0947. The molecular formula is C16H18N4O2. The number of carbonyl (C=O) groups excluding carboxylic acids is 1. The van der Waals surface area contributed by atoms with Crippen LogP contribution in [0.25, 0.3) is 11.0 Å². The minimum absolute atomic E-state index is 0.178. The molecule has 0 saturated carbocycles. The molecule has 0 aliphatic carbocycles. The Balaban J connectivity index is 1.80. The maximum atomic E-state index is 12.4. The number of imidazole rings is 1. The van der Waals surface area contributed by atoms with E-state index < -0.39 is 0 Å². The number of nitrogens with one attached hydrogen (secondary N) is 1. The van der Waals surface area contributed by atoms with Crippen LogP contribution in [0.1, 0.15) is 34.6 Å². The van der Waals surface area contributed by atoms with Crippen molar-refractivity contribution in [2.75, 3.05) is 0 Å². The molecule has 3 aromatic rings. The number of amides is 1. The molecule has 6 heteroatoms. The number of aromatic nitrogens is 3. The van der Waals surface area contributed by atoms with E-state index >= 15 is 0 Å². The van der Waals surface area contributed by atoms with Gasteiger partial charge in [-0.05, 0) is 25.5 Å². The smallest absolute Gasteiger partial charge is 0.257 e. The van der Waals surface area contributed by atoms with Crippen molar-refractivity contribution in [3.05, 3.63) is 47.1 Å². The van der Waals surface area contributed by atoms with E-state index in [4.69, 9.17) is 4.52 Å². The van der Waals surface area contributed by atoms with Crippen LogP contribution in [0.5, 0.6) is 0 Å². The molecule has 0 unspecified atom stereocenters. The van der Waals surface area contributed by atoms with E-state index in [0.29, 0.717) is 30.0 Å². The molecule has 0 radical (unpaired) electrons. The van der Waals surface area contributed by atoms with Crippen molar-refractivity contribution < 1.29 is 9.32 Å². The van der Waals surface area contributed by atoms with Crippen LogP contribution in [0.4, 0.5) is 0 Å². The second-order valence-corrected chi connectivity index (χ2v) is 5.17. The number of para-hydroxylation sites is 2. The number of fused-ring (bicyclic) bond motifs is 1. The standard InChI is InChI=1S/C16H18N4O2/c1-4-11-15(10(2)22-19-11)16(21)17-9-14-18-12-7-5-6-8-13(12)20(14)3/h5-8H,4,9H2,1-3H3,(H,17,21). The number of rotatable bonds is 4. The maximum Gasteiger partial charge on any atom is 0.257 e. The molecule has 1 N–H and O–H groups in total. The lowest BCUT2D eigenvalue weighted by atomic mass is 10.1. The zero-order valence-corrected chi connectivity index (χ0v) is 12.9. The average molecular weight is 298 g/mol. The molecule has 0 bridgehead atoms. The van der Waals surface area contributed by atoms with Crippen LogP contribution in [0.2, 0.25) is 0 Å². The number of benzene rings is 1. The van der Waals surface area contributed by atoms with Gasteiger partial charge in [-0.2, -0.15) is 0 Å². The van der Waals surface area contributed by atoms with Crippen molar-refractivity contribution in [1.82, 2.24) is 20.0 Å². The first-order valence-corrected chi connectivity index (χ1v) is 7.25. The van der Waals surface area contributed by atoms with Crippen molar-refractivity contribution in [3.8, 4) is 0 Å². The van der Waals surface area contributed by atoms with E-state index in [1.54, 1.807) is 6.92 Å². The predicted molar refractivity (Wildman–Crippen MR) is 82.5 cm³/mol. The number of carbonyl (C=O) groups is 1. The Morgan fingerprint density at radius 3 is 2.86 bits per heavy atom. The fourth-order valence-electron chi connectivity index (χ4n) is 2.55. The predicted octanol–water partition coefficient (Wildman–Crippen LogP) is 2.36. The third-order valence-electron chi connectivity index (χ3n) is 3.78. The van der Waals surface area contributed by atoms with Gasteiger partial charge in [-0.15, -0.1) is 0 Å². The lowest BCUT2D eigenvalue weighted by Crippen LogP contribution is -2.25. The van der Waals surface area contributed by atoms with Crippen LogP contribution in [0, 0.1) is 6.92 Å². The number of nitrogens with zero attached hydrogens (tertiary/aromatic N) is 3. The fraction of sp³-hybridized carbons (Fsp3) is 0.312. The number of hydrogen-bond acceptors (Lipinski definition) is 4. The van der Waals surface area contributed by atoms with Crippen LogP contribution in [0.3, 0.4) is 0 Å². The van der Waals surface area contributed by atoms with Gasteiger partial charge in [-0.25, -0.2) is 4.98 Å². The minimum atomic E-state index is -0.178. The number of aryl methyl sites for hydroxylation is 3. The minimum Gasteiger partial charge on any atom is -0.361 e.